The van der Waals surface area contributed by atoms with Gasteiger partial charge >= 0.3 is 0 Å². The van der Waals surface area contributed by atoms with Crippen LogP contribution in [-0.4, -0.2) is 19.6 Å². The van der Waals surface area contributed by atoms with Gasteiger partial charge in [0.2, 0.25) is 0 Å². The fraction of sp³-hybridized carbons (Fsp3) is 0.533. The second-order valence-electron chi connectivity index (χ2n) is 5.27. The van der Waals surface area contributed by atoms with E-state index in [4.69, 9.17) is 10.5 Å². The summed E-state index contributed by atoms with van der Waals surface area (Å²) in [6.45, 7) is 3.06. The topological polar surface area (TPSA) is 59.6 Å². The number of nitrogens with one attached hydrogen (secondary N) is 1. The molecule has 19 heavy (non-hydrogen) atoms. The van der Waals surface area contributed by atoms with E-state index >= 15 is 0 Å². The molecule has 0 spiro atoms. The average molecular weight is 261 g/mol. The molecule has 1 aromatic carbocycles. The predicted octanol–water partition coefficient (Wildman–Crippen LogP) is 3.00. The number of rotatable bonds is 5. The number of nitrogens with two attached hydrogens (primary N) is 1. The molecular weight excluding hydrogens is 238 g/mol. The van der Waals surface area contributed by atoms with Crippen LogP contribution in [0.25, 0.3) is 0 Å². The second-order valence-corrected chi connectivity index (χ2v) is 5.27. The van der Waals surface area contributed by atoms with Crippen LogP contribution in [-0.2, 0) is 0 Å². The van der Waals surface area contributed by atoms with E-state index in [0.717, 1.165) is 18.0 Å². The Kier molecular flexibility index (Phi) is 4.30. The zero-order valence-electron chi connectivity index (χ0n) is 11.8. The first kappa shape index (κ1) is 13.7. The summed E-state index contributed by atoms with van der Waals surface area (Å²) in [5, 5.41) is 3.11. The molecule has 0 atom stereocenters. The van der Waals surface area contributed by atoms with Gasteiger partial charge in [0.25, 0.3) is 0 Å². The van der Waals surface area contributed by atoms with Crippen molar-refractivity contribution in [3.05, 3.63) is 24.3 Å². The Morgan fingerprint density at radius 2 is 2.26 bits per heavy atom. The molecule has 1 saturated carbocycles. The Morgan fingerprint density at radius 1 is 1.47 bits per heavy atom. The minimum atomic E-state index is 0.403. The molecule has 4 heteroatoms. The number of nitrogens with zero attached hydrogens (tertiary/aromatic N) is 1. The van der Waals surface area contributed by atoms with Crippen molar-refractivity contribution >= 4 is 11.6 Å². The van der Waals surface area contributed by atoms with Crippen LogP contribution in [0.1, 0.15) is 32.6 Å². The van der Waals surface area contributed by atoms with E-state index in [2.05, 4.69) is 17.2 Å². The van der Waals surface area contributed by atoms with E-state index in [-0.39, 0.29) is 0 Å². The Labute approximate surface area is 115 Å². The monoisotopic (exact) mass is 261 g/mol. The van der Waals surface area contributed by atoms with E-state index < -0.39 is 0 Å². The van der Waals surface area contributed by atoms with Crippen LogP contribution in [0, 0.1) is 5.41 Å². The molecule has 1 aliphatic carbocycles. The summed E-state index contributed by atoms with van der Waals surface area (Å²) >= 11 is 0. The van der Waals surface area contributed by atoms with E-state index in [1.54, 1.807) is 7.11 Å². The summed E-state index contributed by atoms with van der Waals surface area (Å²) in [6, 6.07) is 7.68. The molecule has 1 aliphatic rings. The number of hydrogen-bond donors (Lipinski definition) is 2. The molecule has 0 aliphatic heterocycles. The normalized spacial score (nSPS) is 17.7. The summed E-state index contributed by atoms with van der Waals surface area (Å²) in [7, 11) is 1.65. The fourth-order valence-corrected chi connectivity index (χ4v) is 2.44. The molecule has 4 nitrogen and oxygen atoms in total. The van der Waals surface area contributed by atoms with Crippen LogP contribution in [0.3, 0.4) is 0 Å². The lowest BCUT2D eigenvalue weighted by Gasteiger charge is -2.40. The van der Waals surface area contributed by atoms with Crippen molar-refractivity contribution in [3.8, 4) is 5.75 Å². The third-order valence-corrected chi connectivity index (χ3v) is 4.09. The molecular formula is C15H23N3O. The number of hydrogen-bond acceptors (Lipinski definition) is 2. The van der Waals surface area contributed by atoms with Crippen LogP contribution in [0.15, 0.2) is 29.3 Å². The van der Waals surface area contributed by atoms with Gasteiger partial charge in [-0.3, -0.25) is 4.99 Å². The molecule has 0 unspecified atom stereocenters. The van der Waals surface area contributed by atoms with Gasteiger partial charge in [0.15, 0.2) is 5.96 Å². The summed E-state index contributed by atoms with van der Waals surface area (Å²) in [5.41, 5.74) is 7.24. The van der Waals surface area contributed by atoms with Gasteiger partial charge in [-0.05, 0) is 36.8 Å². The smallest absolute Gasteiger partial charge is 0.193 e. The van der Waals surface area contributed by atoms with Crippen molar-refractivity contribution in [2.24, 2.45) is 16.1 Å². The van der Waals surface area contributed by atoms with Crippen LogP contribution >= 0.6 is 0 Å². The number of guanidine groups is 1. The lowest BCUT2D eigenvalue weighted by atomic mass is 9.67. The van der Waals surface area contributed by atoms with Gasteiger partial charge in [-0.15, -0.1) is 0 Å². The zero-order chi connectivity index (χ0) is 13.7. The standard InChI is InChI=1S/C15H23N3O/c1-3-15(8-5-9-15)11-17-14(16)18-12-6-4-7-13(10-12)19-2/h4,6-7,10H,3,5,8-9,11H2,1-2H3,(H3,16,17,18). The first-order chi connectivity index (χ1) is 9.17. The number of aliphatic imine (C=N–C) groups is 1. The Morgan fingerprint density at radius 3 is 2.84 bits per heavy atom. The van der Waals surface area contributed by atoms with Crippen LogP contribution in [0.5, 0.6) is 5.75 Å². The number of benzene rings is 1. The lowest BCUT2D eigenvalue weighted by Crippen LogP contribution is -2.33. The first-order valence-electron chi connectivity index (χ1n) is 6.88. The van der Waals surface area contributed by atoms with Crippen molar-refractivity contribution in [1.29, 1.82) is 0 Å². The molecule has 0 radical (unpaired) electrons. The van der Waals surface area contributed by atoms with E-state index in [0.29, 0.717) is 11.4 Å². The summed E-state index contributed by atoms with van der Waals surface area (Å²) in [6.07, 6.45) is 5.06. The quantitative estimate of drug-likeness (QED) is 0.632. The lowest BCUT2D eigenvalue weighted by molar-refractivity contribution is 0.139. The number of methoxy groups -OCH3 is 1. The molecule has 2 rings (SSSR count). The third-order valence-electron chi connectivity index (χ3n) is 4.09. The fourth-order valence-electron chi connectivity index (χ4n) is 2.44. The second kappa shape index (κ2) is 5.95. The van der Waals surface area contributed by atoms with E-state index in [1.165, 1.54) is 25.7 Å². The SMILES string of the molecule is CCC1(CN=C(N)Nc2cccc(OC)c2)CCC1. The van der Waals surface area contributed by atoms with Crippen molar-refractivity contribution in [3.63, 3.8) is 0 Å². The number of anilines is 1. The minimum Gasteiger partial charge on any atom is -0.497 e. The van der Waals surface area contributed by atoms with Gasteiger partial charge in [-0.2, -0.15) is 0 Å². The van der Waals surface area contributed by atoms with Gasteiger partial charge in [0.05, 0.1) is 7.11 Å². The van der Waals surface area contributed by atoms with Crippen molar-refractivity contribution in [2.45, 2.75) is 32.6 Å². The highest BCUT2D eigenvalue weighted by Gasteiger charge is 2.34. The van der Waals surface area contributed by atoms with Crippen molar-refractivity contribution < 1.29 is 4.74 Å². The molecule has 0 aromatic heterocycles. The maximum absolute atomic E-state index is 5.94. The van der Waals surface area contributed by atoms with Gasteiger partial charge in [0, 0.05) is 18.3 Å². The highest BCUT2D eigenvalue weighted by atomic mass is 16.5. The summed E-state index contributed by atoms with van der Waals surface area (Å²) in [5.74, 6) is 1.29. The average Bonchev–Trinajstić information content (AvgIpc) is 2.38. The van der Waals surface area contributed by atoms with Crippen molar-refractivity contribution in [1.82, 2.24) is 0 Å². The Balaban J connectivity index is 1.94. The molecule has 0 amide bonds. The predicted molar refractivity (Wildman–Crippen MR) is 79.7 cm³/mol. The molecule has 0 heterocycles. The van der Waals surface area contributed by atoms with Gasteiger partial charge in [-0.25, -0.2) is 0 Å². The van der Waals surface area contributed by atoms with Crippen LogP contribution in [0.2, 0.25) is 0 Å². The molecule has 0 bridgehead atoms. The molecule has 0 saturated heterocycles. The first-order valence-corrected chi connectivity index (χ1v) is 6.88. The van der Waals surface area contributed by atoms with Crippen LogP contribution in [0.4, 0.5) is 5.69 Å². The largest absolute Gasteiger partial charge is 0.497 e. The zero-order valence-corrected chi connectivity index (χ0v) is 11.8. The maximum Gasteiger partial charge on any atom is 0.193 e. The van der Waals surface area contributed by atoms with Crippen LogP contribution < -0.4 is 15.8 Å². The Hall–Kier alpha value is -1.71. The van der Waals surface area contributed by atoms with E-state index in [9.17, 15) is 0 Å². The van der Waals surface area contributed by atoms with Gasteiger partial charge < -0.3 is 15.8 Å². The molecule has 1 aromatic rings. The highest BCUT2D eigenvalue weighted by Crippen LogP contribution is 2.43. The number of ether oxygens (including phenoxy) is 1. The van der Waals surface area contributed by atoms with E-state index in [1.807, 2.05) is 24.3 Å². The molecule has 104 valence electrons. The third kappa shape index (κ3) is 3.40. The van der Waals surface area contributed by atoms with Crippen molar-refractivity contribution in [2.75, 3.05) is 19.0 Å². The van der Waals surface area contributed by atoms with Gasteiger partial charge in [-0.1, -0.05) is 19.4 Å². The Bertz CT molecular complexity index is 447. The summed E-state index contributed by atoms with van der Waals surface area (Å²) < 4.78 is 5.17. The highest BCUT2D eigenvalue weighted by molar-refractivity contribution is 5.92. The molecule has 1 fully saturated rings. The van der Waals surface area contributed by atoms with Gasteiger partial charge in [0.1, 0.15) is 5.75 Å². The minimum absolute atomic E-state index is 0.403. The maximum atomic E-state index is 5.94. The molecule has 3 N–H and O–H groups in total. The summed E-state index contributed by atoms with van der Waals surface area (Å²) in [4.78, 5) is 4.48.